The molecule has 3 rings (SSSR count). The first-order valence-electron chi connectivity index (χ1n) is 9.16. The van der Waals surface area contributed by atoms with E-state index in [1.54, 1.807) is 18.4 Å². The maximum Gasteiger partial charge on any atom is 0.307 e. The number of thiophene rings is 1. The summed E-state index contributed by atoms with van der Waals surface area (Å²) in [4.78, 5) is 25.5. The van der Waals surface area contributed by atoms with Gasteiger partial charge in [-0.15, -0.1) is 11.3 Å². The third-order valence-electron chi connectivity index (χ3n) is 4.60. The van der Waals surface area contributed by atoms with E-state index < -0.39 is 18.0 Å². The molecule has 0 saturated carbocycles. The molecular formula is C20H22N2O4S. The highest BCUT2D eigenvalue weighted by Crippen LogP contribution is 2.37. The Balaban J connectivity index is 1.58. The van der Waals surface area contributed by atoms with Crippen LogP contribution in [0.5, 0.6) is 0 Å². The Morgan fingerprint density at radius 1 is 1.37 bits per heavy atom. The number of hydrogen-bond donors (Lipinski definition) is 1. The molecule has 0 bridgehead atoms. The Morgan fingerprint density at radius 3 is 2.93 bits per heavy atom. The third-order valence-corrected chi connectivity index (χ3v) is 5.81. The zero-order valence-electron chi connectivity index (χ0n) is 15.2. The van der Waals surface area contributed by atoms with Crippen LogP contribution in [0.2, 0.25) is 0 Å². The van der Waals surface area contributed by atoms with Crippen molar-refractivity contribution in [3.05, 3.63) is 40.2 Å². The molecule has 27 heavy (non-hydrogen) atoms. The monoisotopic (exact) mass is 386 g/mol. The van der Waals surface area contributed by atoms with Crippen LogP contribution in [-0.4, -0.2) is 18.0 Å². The molecule has 0 saturated heterocycles. The lowest BCUT2D eigenvalue weighted by molar-refractivity contribution is -0.153. The minimum atomic E-state index is -0.928. The van der Waals surface area contributed by atoms with Crippen molar-refractivity contribution in [3.63, 3.8) is 0 Å². The van der Waals surface area contributed by atoms with Crippen molar-refractivity contribution in [1.82, 2.24) is 0 Å². The van der Waals surface area contributed by atoms with Gasteiger partial charge in [-0.25, -0.2) is 0 Å². The van der Waals surface area contributed by atoms with Crippen LogP contribution in [0.25, 0.3) is 0 Å². The number of carbonyl (C=O) groups excluding carboxylic acids is 2. The molecule has 2 aromatic rings. The summed E-state index contributed by atoms with van der Waals surface area (Å²) in [6.45, 7) is 1.53. The number of rotatable bonds is 6. The highest BCUT2D eigenvalue weighted by Gasteiger charge is 2.24. The van der Waals surface area contributed by atoms with Gasteiger partial charge in [-0.2, -0.15) is 5.26 Å². The van der Waals surface area contributed by atoms with Crippen LogP contribution in [0.15, 0.2) is 22.8 Å². The number of anilines is 1. The predicted octanol–water partition coefficient (Wildman–Crippen LogP) is 3.98. The Morgan fingerprint density at radius 2 is 2.19 bits per heavy atom. The molecule has 0 aromatic carbocycles. The van der Waals surface area contributed by atoms with Gasteiger partial charge in [0.1, 0.15) is 16.8 Å². The van der Waals surface area contributed by atoms with E-state index in [9.17, 15) is 14.9 Å². The molecule has 0 radical (unpaired) electrons. The number of hydrogen-bond acceptors (Lipinski definition) is 6. The topological polar surface area (TPSA) is 92.3 Å². The largest absolute Gasteiger partial charge is 0.469 e. The summed E-state index contributed by atoms with van der Waals surface area (Å²) in [5.74, 6) is -0.187. The molecule has 2 heterocycles. The van der Waals surface area contributed by atoms with Gasteiger partial charge in [0.05, 0.1) is 18.2 Å². The third kappa shape index (κ3) is 4.77. The van der Waals surface area contributed by atoms with Gasteiger partial charge in [-0.1, -0.05) is 6.42 Å². The lowest BCUT2D eigenvalue weighted by atomic mass is 10.1. The van der Waals surface area contributed by atoms with E-state index in [4.69, 9.17) is 9.15 Å². The predicted molar refractivity (Wildman–Crippen MR) is 102 cm³/mol. The standard InChI is InChI=1S/C20H22N2O4S/c1-13(26-18(23)10-9-14-6-5-11-25-14)19(24)22-20-16(12-21)15-7-3-2-4-8-17(15)27-20/h5-6,11,13H,2-4,7-10H2,1H3,(H,22,24)/t13-/m0/s1. The van der Waals surface area contributed by atoms with Crippen LogP contribution in [0, 0.1) is 11.3 Å². The van der Waals surface area contributed by atoms with Gasteiger partial charge in [0.25, 0.3) is 5.91 Å². The van der Waals surface area contributed by atoms with Crippen LogP contribution in [0.1, 0.15) is 54.4 Å². The summed E-state index contributed by atoms with van der Waals surface area (Å²) in [5.41, 5.74) is 1.62. The van der Waals surface area contributed by atoms with Gasteiger partial charge in [-0.3, -0.25) is 9.59 Å². The van der Waals surface area contributed by atoms with Crippen molar-refractivity contribution >= 4 is 28.2 Å². The van der Waals surface area contributed by atoms with E-state index in [1.807, 2.05) is 0 Å². The van der Waals surface area contributed by atoms with Gasteiger partial charge in [-0.05, 0) is 50.3 Å². The number of furan rings is 1. The molecule has 1 aliphatic carbocycles. The van der Waals surface area contributed by atoms with Crippen molar-refractivity contribution in [1.29, 1.82) is 5.26 Å². The number of nitriles is 1. The number of aryl methyl sites for hydroxylation is 2. The van der Waals surface area contributed by atoms with Crippen molar-refractivity contribution in [2.45, 2.75) is 58.0 Å². The molecule has 2 aromatic heterocycles. The molecule has 0 fully saturated rings. The fourth-order valence-corrected chi connectivity index (χ4v) is 4.39. The number of fused-ring (bicyclic) bond motifs is 1. The number of amides is 1. The van der Waals surface area contributed by atoms with Gasteiger partial charge >= 0.3 is 5.97 Å². The van der Waals surface area contributed by atoms with Gasteiger partial charge in [0, 0.05) is 11.3 Å². The lowest BCUT2D eigenvalue weighted by Gasteiger charge is -2.13. The van der Waals surface area contributed by atoms with E-state index >= 15 is 0 Å². The highest BCUT2D eigenvalue weighted by molar-refractivity contribution is 7.16. The average molecular weight is 386 g/mol. The number of ether oxygens (including phenoxy) is 1. The van der Waals surface area contributed by atoms with Crippen LogP contribution in [0.3, 0.4) is 0 Å². The maximum atomic E-state index is 12.4. The summed E-state index contributed by atoms with van der Waals surface area (Å²) in [5, 5.41) is 12.9. The van der Waals surface area contributed by atoms with Crippen molar-refractivity contribution in [3.8, 4) is 6.07 Å². The van der Waals surface area contributed by atoms with E-state index in [-0.39, 0.29) is 6.42 Å². The van der Waals surface area contributed by atoms with Gasteiger partial charge in [0.2, 0.25) is 0 Å². The molecule has 1 amide bonds. The number of carbonyl (C=O) groups is 2. The zero-order valence-corrected chi connectivity index (χ0v) is 16.1. The van der Waals surface area contributed by atoms with Crippen LogP contribution >= 0.6 is 11.3 Å². The maximum absolute atomic E-state index is 12.4. The smallest absolute Gasteiger partial charge is 0.307 e. The van der Waals surface area contributed by atoms with Gasteiger partial charge in [0.15, 0.2) is 6.10 Å². The van der Waals surface area contributed by atoms with E-state index in [2.05, 4.69) is 11.4 Å². The molecule has 0 aliphatic heterocycles. The summed E-state index contributed by atoms with van der Waals surface area (Å²) < 4.78 is 10.4. The van der Waals surface area contributed by atoms with E-state index in [0.717, 1.165) is 31.2 Å². The van der Waals surface area contributed by atoms with Crippen LogP contribution < -0.4 is 5.32 Å². The first-order valence-corrected chi connectivity index (χ1v) is 9.97. The highest BCUT2D eigenvalue weighted by atomic mass is 32.1. The lowest BCUT2D eigenvalue weighted by Crippen LogP contribution is -2.30. The second-order valence-corrected chi connectivity index (χ2v) is 7.69. The van der Waals surface area contributed by atoms with Gasteiger partial charge < -0.3 is 14.5 Å². The number of esters is 1. The average Bonchev–Trinajstić information content (AvgIpc) is 3.22. The molecule has 142 valence electrons. The number of nitrogens with zero attached hydrogens (tertiary/aromatic N) is 1. The SMILES string of the molecule is C[C@H](OC(=O)CCc1ccco1)C(=O)Nc1sc2c(c1C#N)CCCCC2. The fraction of sp³-hybridized carbons (Fsp3) is 0.450. The molecule has 1 N–H and O–H groups in total. The minimum Gasteiger partial charge on any atom is -0.469 e. The van der Waals surface area contributed by atoms with E-state index in [0.29, 0.717) is 22.7 Å². The second-order valence-electron chi connectivity index (χ2n) is 6.58. The molecular weight excluding hydrogens is 364 g/mol. The van der Waals surface area contributed by atoms with Crippen LogP contribution in [0.4, 0.5) is 5.00 Å². The summed E-state index contributed by atoms with van der Waals surface area (Å²) in [6.07, 6.45) is 6.35. The van der Waals surface area contributed by atoms with Crippen molar-refractivity contribution in [2.24, 2.45) is 0 Å². The first-order chi connectivity index (χ1) is 13.1. The molecule has 7 heteroatoms. The quantitative estimate of drug-likeness (QED) is 0.599. The zero-order chi connectivity index (χ0) is 19.2. The van der Waals surface area contributed by atoms with Crippen LogP contribution in [-0.2, 0) is 33.6 Å². The minimum absolute atomic E-state index is 0.141. The Hall–Kier alpha value is -2.59. The molecule has 1 aliphatic rings. The van der Waals surface area contributed by atoms with Crippen molar-refractivity contribution in [2.75, 3.05) is 5.32 Å². The molecule has 6 nitrogen and oxygen atoms in total. The van der Waals surface area contributed by atoms with E-state index in [1.165, 1.54) is 29.6 Å². The van der Waals surface area contributed by atoms with Crippen molar-refractivity contribution < 1.29 is 18.7 Å². The Kier molecular flexibility index (Phi) is 6.30. The first kappa shape index (κ1) is 19.2. The Bertz CT molecular complexity index is 848. The molecule has 0 spiro atoms. The second kappa shape index (κ2) is 8.87. The Labute approximate surface area is 162 Å². The number of nitrogens with one attached hydrogen (secondary N) is 1. The molecule has 1 atom stereocenters. The summed E-state index contributed by atoms with van der Waals surface area (Å²) >= 11 is 1.47. The summed E-state index contributed by atoms with van der Waals surface area (Å²) in [7, 11) is 0. The summed E-state index contributed by atoms with van der Waals surface area (Å²) in [6, 6.07) is 5.77. The molecule has 0 unspecified atom stereocenters. The normalized spacial score (nSPS) is 14.5. The fourth-order valence-electron chi connectivity index (χ4n) is 3.15.